The van der Waals surface area contributed by atoms with Gasteiger partial charge in [-0.2, -0.15) is 0 Å². The Balaban J connectivity index is 1.88. The molecular formula is C19H25N3O. The van der Waals surface area contributed by atoms with Crippen LogP contribution in [0.1, 0.15) is 42.9 Å². The highest BCUT2D eigenvalue weighted by Gasteiger charge is 2.14. The maximum atomic E-state index is 12.1. The van der Waals surface area contributed by atoms with Crippen LogP contribution in [-0.4, -0.2) is 16.9 Å². The molecule has 0 bridgehead atoms. The molecule has 0 saturated carbocycles. The van der Waals surface area contributed by atoms with E-state index in [9.17, 15) is 4.79 Å². The van der Waals surface area contributed by atoms with Crippen LogP contribution in [0.2, 0.25) is 0 Å². The van der Waals surface area contributed by atoms with Crippen molar-refractivity contribution in [2.24, 2.45) is 5.73 Å². The number of benzene rings is 1. The molecule has 4 heteroatoms. The Labute approximate surface area is 138 Å². The molecule has 122 valence electrons. The molecule has 3 N–H and O–H groups in total. The third kappa shape index (κ3) is 5.18. The number of hydrogen-bond donors (Lipinski definition) is 2. The number of pyridine rings is 1. The van der Waals surface area contributed by atoms with E-state index in [4.69, 9.17) is 5.73 Å². The normalized spacial score (nSPS) is 13.3. The van der Waals surface area contributed by atoms with Crippen molar-refractivity contribution in [1.29, 1.82) is 0 Å². The fourth-order valence-corrected chi connectivity index (χ4v) is 2.39. The summed E-state index contributed by atoms with van der Waals surface area (Å²) in [4.78, 5) is 16.4. The van der Waals surface area contributed by atoms with E-state index >= 15 is 0 Å². The van der Waals surface area contributed by atoms with Crippen LogP contribution in [-0.2, 0) is 17.8 Å². The molecule has 2 rings (SSSR count). The Morgan fingerprint density at radius 2 is 1.96 bits per heavy atom. The van der Waals surface area contributed by atoms with Gasteiger partial charge in [0.05, 0.1) is 6.04 Å². The molecular weight excluding hydrogens is 286 g/mol. The number of rotatable bonds is 7. The zero-order valence-corrected chi connectivity index (χ0v) is 13.8. The minimum atomic E-state index is -0.539. The molecule has 1 aromatic heterocycles. The minimum absolute atomic E-state index is 0.136. The molecule has 23 heavy (non-hydrogen) atoms. The minimum Gasteiger partial charge on any atom is -0.351 e. The van der Waals surface area contributed by atoms with Crippen molar-refractivity contribution in [2.75, 3.05) is 0 Å². The van der Waals surface area contributed by atoms with Crippen LogP contribution in [0.25, 0.3) is 0 Å². The second kappa shape index (κ2) is 8.44. The van der Waals surface area contributed by atoms with Crippen LogP contribution >= 0.6 is 0 Å². The largest absolute Gasteiger partial charge is 0.351 e. The molecule has 0 fully saturated rings. The lowest BCUT2D eigenvalue weighted by molar-refractivity contribution is -0.122. The van der Waals surface area contributed by atoms with E-state index in [1.165, 1.54) is 5.56 Å². The van der Waals surface area contributed by atoms with E-state index in [0.717, 1.165) is 17.5 Å². The maximum absolute atomic E-state index is 12.1. The van der Waals surface area contributed by atoms with Crippen LogP contribution < -0.4 is 11.1 Å². The summed E-state index contributed by atoms with van der Waals surface area (Å²) in [5, 5.41) is 2.90. The number of nitrogens with zero attached hydrogens (tertiary/aromatic N) is 1. The number of nitrogens with one attached hydrogen (secondary N) is 1. The van der Waals surface area contributed by atoms with Gasteiger partial charge < -0.3 is 11.1 Å². The van der Waals surface area contributed by atoms with Gasteiger partial charge in [0.25, 0.3) is 0 Å². The summed E-state index contributed by atoms with van der Waals surface area (Å²) < 4.78 is 0. The van der Waals surface area contributed by atoms with E-state index < -0.39 is 6.04 Å². The van der Waals surface area contributed by atoms with Gasteiger partial charge >= 0.3 is 0 Å². The zero-order valence-electron chi connectivity index (χ0n) is 13.8. The molecule has 1 amide bonds. The number of nitrogens with two attached hydrogens (primary N) is 1. The van der Waals surface area contributed by atoms with Crippen LogP contribution in [0, 0.1) is 0 Å². The Morgan fingerprint density at radius 3 is 2.65 bits per heavy atom. The number of carbonyl (C=O) groups excluding carboxylic acids is 1. The van der Waals surface area contributed by atoms with Crippen molar-refractivity contribution in [3.05, 3.63) is 65.5 Å². The fraction of sp³-hybridized carbons (Fsp3) is 0.368. The summed E-state index contributed by atoms with van der Waals surface area (Å²) in [5.74, 6) is 0.335. The van der Waals surface area contributed by atoms with Crippen LogP contribution in [0.5, 0.6) is 0 Å². The van der Waals surface area contributed by atoms with Gasteiger partial charge in [-0.15, -0.1) is 0 Å². The Bertz CT molecular complexity index is 628. The summed E-state index contributed by atoms with van der Waals surface area (Å²) in [6.07, 6.45) is 5.28. The molecule has 0 aliphatic carbocycles. The van der Waals surface area contributed by atoms with Crippen molar-refractivity contribution in [2.45, 2.75) is 45.2 Å². The van der Waals surface area contributed by atoms with Crippen LogP contribution in [0.3, 0.4) is 0 Å². The lowest BCUT2D eigenvalue weighted by Crippen LogP contribution is -2.41. The van der Waals surface area contributed by atoms with Crippen molar-refractivity contribution in [3.63, 3.8) is 0 Å². The van der Waals surface area contributed by atoms with Gasteiger partial charge in [-0.25, -0.2) is 0 Å². The van der Waals surface area contributed by atoms with E-state index in [-0.39, 0.29) is 5.91 Å². The van der Waals surface area contributed by atoms with Gasteiger partial charge in [-0.3, -0.25) is 9.78 Å². The van der Waals surface area contributed by atoms with E-state index in [0.29, 0.717) is 18.9 Å². The molecule has 0 aliphatic heterocycles. The molecule has 4 nitrogen and oxygen atoms in total. The van der Waals surface area contributed by atoms with Crippen LogP contribution in [0.15, 0.2) is 48.8 Å². The molecule has 1 heterocycles. The van der Waals surface area contributed by atoms with Crippen molar-refractivity contribution < 1.29 is 4.79 Å². The molecule has 2 atom stereocenters. The van der Waals surface area contributed by atoms with E-state index in [2.05, 4.69) is 30.2 Å². The standard InChI is InChI=1S/C19H25N3O/c1-3-14(2)17-9-16(11-21-13-17)12-22-19(23)18(20)10-15-7-5-4-6-8-15/h4-9,11,13-14,18H,3,10,12,20H2,1-2H3,(H,22,23)/t14?,18-/m0/s1. The zero-order chi connectivity index (χ0) is 16.7. The average molecular weight is 311 g/mol. The fourth-order valence-electron chi connectivity index (χ4n) is 2.39. The first-order chi connectivity index (χ1) is 11.1. The van der Waals surface area contributed by atoms with Gasteiger partial charge in [0.15, 0.2) is 0 Å². The van der Waals surface area contributed by atoms with Gasteiger partial charge in [-0.1, -0.05) is 50.2 Å². The molecule has 0 radical (unpaired) electrons. The average Bonchev–Trinajstić information content (AvgIpc) is 2.60. The molecule has 2 aromatic rings. The highest BCUT2D eigenvalue weighted by molar-refractivity contribution is 5.81. The SMILES string of the molecule is CCC(C)c1cncc(CNC(=O)[C@@H](N)Cc2ccccc2)c1. The topological polar surface area (TPSA) is 68.0 Å². The van der Waals surface area contributed by atoms with Gasteiger partial charge in [0.2, 0.25) is 5.91 Å². The first-order valence-corrected chi connectivity index (χ1v) is 8.11. The third-order valence-corrected chi connectivity index (χ3v) is 4.10. The van der Waals surface area contributed by atoms with Crippen molar-refractivity contribution in [1.82, 2.24) is 10.3 Å². The summed E-state index contributed by atoms with van der Waals surface area (Å²) in [6.45, 7) is 4.79. The summed E-state index contributed by atoms with van der Waals surface area (Å²) in [7, 11) is 0. The van der Waals surface area contributed by atoms with Crippen molar-refractivity contribution >= 4 is 5.91 Å². The van der Waals surface area contributed by atoms with E-state index in [1.54, 1.807) is 6.20 Å². The van der Waals surface area contributed by atoms with Gasteiger partial charge in [0, 0.05) is 18.9 Å². The number of aromatic nitrogens is 1. The Kier molecular flexibility index (Phi) is 6.29. The van der Waals surface area contributed by atoms with E-state index in [1.807, 2.05) is 36.5 Å². The lowest BCUT2D eigenvalue weighted by Gasteiger charge is -2.14. The molecule has 1 unspecified atom stereocenters. The molecule has 0 spiro atoms. The second-order valence-corrected chi connectivity index (χ2v) is 5.95. The van der Waals surface area contributed by atoms with Gasteiger partial charge in [-0.05, 0) is 35.4 Å². The Hall–Kier alpha value is -2.20. The second-order valence-electron chi connectivity index (χ2n) is 5.95. The molecule has 1 aromatic carbocycles. The highest BCUT2D eigenvalue weighted by Crippen LogP contribution is 2.18. The Morgan fingerprint density at radius 1 is 1.22 bits per heavy atom. The monoisotopic (exact) mass is 311 g/mol. The predicted molar refractivity (Wildman–Crippen MR) is 92.9 cm³/mol. The quantitative estimate of drug-likeness (QED) is 0.826. The number of hydrogen-bond acceptors (Lipinski definition) is 3. The summed E-state index contributed by atoms with van der Waals surface area (Å²) in [5.41, 5.74) is 9.26. The summed E-state index contributed by atoms with van der Waals surface area (Å²) >= 11 is 0. The maximum Gasteiger partial charge on any atom is 0.237 e. The van der Waals surface area contributed by atoms with Gasteiger partial charge in [0.1, 0.15) is 0 Å². The molecule has 0 aliphatic rings. The van der Waals surface area contributed by atoms with Crippen LogP contribution in [0.4, 0.5) is 0 Å². The highest BCUT2D eigenvalue weighted by atomic mass is 16.2. The third-order valence-electron chi connectivity index (χ3n) is 4.10. The lowest BCUT2D eigenvalue weighted by atomic mass is 9.99. The summed E-state index contributed by atoms with van der Waals surface area (Å²) in [6, 6.07) is 11.4. The predicted octanol–water partition coefficient (Wildman–Crippen LogP) is 2.78. The number of amides is 1. The smallest absolute Gasteiger partial charge is 0.237 e. The number of carbonyl (C=O) groups is 1. The first-order valence-electron chi connectivity index (χ1n) is 8.11. The molecule has 0 saturated heterocycles. The first kappa shape index (κ1) is 17.2. The van der Waals surface area contributed by atoms with Crippen molar-refractivity contribution in [3.8, 4) is 0 Å².